The van der Waals surface area contributed by atoms with Crippen LogP contribution in [0.3, 0.4) is 0 Å². The van der Waals surface area contributed by atoms with Crippen LogP contribution in [0.1, 0.15) is 52.2 Å². The highest BCUT2D eigenvalue weighted by Crippen LogP contribution is 2.37. The van der Waals surface area contributed by atoms with Crippen molar-refractivity contribution in [3.05, 3.63) is 35.4 Å². The third-order valence-electron chi connectivity index (χ3n) is 5.05. The molecule has 3 nitrogen and oxygen atoms in total. The van der Waals surface area contributed by atoms with E-state index < -0.39 is 0 Å². The largest absolute Gasteiger partial charge is 0.458 e. The summed E-state index contributed by atoms with van der Waals surface area (Å²) in [7, 11) is 2.07. The van der Waals surface area contributed by atoms with Crippen LogP contribution in [-0.4, -0.2) is 36.8 Å². The molecule has 0 radical (unpaired) electrons. The van der Waals surface area contributed by atoms with Crippen molar-refractivity contribution in [2.75, 3.05) is 13.6 Å². The Balaban J connectivity index is 1.83. The molecular weight excluding hydrogens is 285 g/mol. The molecule has 1 saturated heterocycles. The lowest BCUT2D eigenvalue weighted by Gasteiger charge is -2.32. The normalized spacial score (nSPS) is 19.5. The van der Waals surface area contributed by atoms with E-state index in [2.05, 4.69) is 70.8 Å². The number of hydrogen-bond acceptors (Lipinski definition) is 3. The monoisotopic (exact) mass is 317 g/mol. The van der Waals surface area contributed by atoms with Gasteiger partial charge in [-0.15, -0.1) is 0 Å². The van der Waals surface area contributed by atoms with Crippen LogP contribution in [-0.2, 0) is 22.3 Å². The summed E-state index contributed by atoms with van der Waals surface area (Å²) in [6.45, 7) is 12.8. The molecule has 0 aliphatic carbocycles. The summed E-state index contributed by atoms with van der Waals surface area (Å²) in [5.74, 6) is 0. The highest BCUT2D eigenvalue weighted by Gasteiger charge is 2.50. The lowest BCUT2D eigenvalue weighted by Crippen LogP contribution is -2.41. The molecule has 2 rings (SSSR count). The molecule has 128 valence electrons. The van der Waals surface area contributed by atoms with Gasteiger partial charge in [-0.3, -0.25) is 0 Å². The summed E-state index contributed by atoms with van der Waals surface area (Å²) < 4.78 is 12.1. The molecule has 23 heavy (non-hydrogen) atoms. The van der Waals surface area contributed by atoms with Gasteiger partial charge in [-0.1, -0.05) is 31.2 Å². The van der Waals surface area contributed by atoms with Crippen molar-refractivity contribution in [1.82, 2.24) is 4.90 Å². The van der Waals surface area contributed by atoms with Gasteiger partial charge in [0.1, 0.15) is 0 Å². The van der Waals surface area contributed by atoms with Crippen LogP contribution in [0.25, 0.3) is 0 Å². The molecule has 4 heteroatoms. The van der Waals surface area contributed by atoms with Crippen molar-refractivity contribution in [1.29, 1.82) is 0 Å². The van der Waals surface area contributed by atoms with E-state index in [-0.39, 0.29) is 18.3 Å². The maximum Gasteiger partial charge on any atom is 0.458 e. The molecule has 1 aliphatic heterocycles. The van der Waals surface area contributed by atoms with Gasteiger partial charge < -0.3 is 14.2 Å². The molecule has 0 amide bonds. The fourth-order valence-electron chi connectivity index (χ4n) is 2.95. The molecule has 0 aromatic heterocycles. The minimum atomic E-state index is -0.231. The second-order valence-electron chi connectivity index (χ2n) is 7.78. The zero-order valence-corrected chi connectivity index (χ0v) is 15.7. The summed E-state index contributed by atoms with van der Waals surface area (Å²) in [4.78, 5) is 2.36. The Morgan fingerprint density at radius 3 is 2.00 bits per heavy atom. The third kappa shape index (κ3) is 4.82. The van der Waals surface area contributed by atoms with E-state index in [0.717, 1.165) is 25.8 Å². The van der Waals surface area contributed by atoms with E-state index >= 15 is 0 Å². The minimum absolute atomic E-state index is 0.102. The van der Waals surface area contributed by atoms with Crippen LogP contribution in [0.4, 0.5) is 0 Å². The lowest BCUT2D eigenvalue weighted by atomic mass is 9.81. The zero-order chi connectivity index (χ0) is 17.1. The van der Waals surface area contributed by atoms with Gasteiger partial charge in [0.2, 0.25) is 0 Å². The van der Waals surface area contributed by atoms with Crippen LogP contribution in [0.2, 0.25) is 6.32 Å². The number of benzene rings is 1. The fraction of sp³-hybridized carbons (Fsp3) is 0.684. The Morgan fingerprint density at radius 2 is 1.48 bits per heavy atom. The SMILES string of the molecule is CCCN(C)Cc1ccc(CCB2OC(C)(C)C(C)(C)O2)cc1. The van der Waals surface area contributed by atoms with Gasteiger partial charge in [0, 0.05) is 6.54 Å². The van der Waals surface area contributed by atoms with Crippen molar-refractivity contribution < 1.29 is 9.31 Å². The van der Waals surface area contributed by atoms with Crippen molar-refractivity contribution in [3.63, 3.8) is 0 Å². The molecule has 1 aliphatic rings. The average molecular weight is 317 g/mol. The van der Waals surface area contributed by atoms with E-state index in [1.54, 1.807) is 0 Å². The molecule has 1 aromatic carbocycles. The first-order valence-corrected chi connectivity index (χ1v) is 8.85. The molecule has 0 bridgehead atoms. The standard InChI is InChI=1S/C19H32BNO2/c1-7-14-21(6)15-17-10-8-16(9-11-17)12-13-20-22-18(2,3)19(4,5)23-20/h8-11H,7,12-15H2,1-6H3. The van der Waals surface area contributed by atoms with Crippen LogP contribution in [0.15, 0.2) is 24.3 Å². The highest BCUT2D eigenvalue weighted by atomic mass is 16.7. The molecule has 1 heterocycles. The van der Waals surface area contributed by atoms with E-state index in [1.807, 2.05) is 0 Å². The van der Waals surface area contributed by atoms with E-state index in [4.69, 9.17) is 9.31 Å². The predicted octanol–water partition coefficient (Wildman–Crippen LogP) is 4.16. The smallest absolute Gasteiger partial charge is 0.403 e. The van der Waals surface area contributed by atoms with Crippen molar-refractivity contribution in [3.8, 4) is 0 Å². The first-order chi connectivity index (χ1) is 10.7. The van der Waals surface area contributed by atoms with Crippen LogP contribution < -0.4 is 0 Å². The summed E-state index contributed by atoms with van der Waals surface area (Å²) in [5, 5.41) is 0. The fourth-order valence-corrected chi connectivity index (χ4v) is 2.95. The van der Waals surface area contributed by atoms with Crippen LogP contribution in [0.5, 0.6) is 0 Å². The first-order valence-electron chi connectivity index (χ1n) is 8.85. The summed E-state index contributed by atoms with van der Waals surface area (Å²) in [6, 6.07) is 8.96. The molecule has 0 unspecified atom stereocenters. The quantitative estimate of drug-likeness (QED) is 0.705. The van der Waals surface area contributed by atoms with Gasteiger partial charge in [0.05, 0.1) is 11.2 Å². The van der Waals surface area contributed by atoms with Gasteiger partial charge in [-0.25, -0.2) is 0 Å². The highest BCUT2D eigenvalue weighted by molar-refractivity contribution is 6.45. The number of nitrogens with zero attached hydrogens (tertiary/aromatic N) is 1. The molecule has 0 spiro atoms. The number of rotatable bonds is 7. The Morgan fingerprint density at radius 1 is 0.957 bits per heavy atom. The second kappa shape index (κ2) is 7.37. The van der Waals surface area contributed by atoms with Crippen molar-refractivity contribution in [2.45, 2.75) is 71.5 Å². The summed E-state index contributed by atoms with van der Waals surface area (Å²) in [5.41, 5.74) is 2.26. The maximum atomic E-state index is 6.06. The first kappa shape index (κ1) is 18.5. The Bertz CT molecular complexity index is 483. The maximum absolute atomic E-state index is 6.06. The molecule has 0 atom stereocenters. The average Bonchev–Trinajstić information content (AvgIpc) is 2.66. The van der Waals surface area contributed by atoms with Gasteiger partial charge in [-0.05, 0) is 71.6 Å². The van der Waals surface area contributed by atoms with Crippen molar-refractivity contribution >= 4 is 7.12 Å². The van der Waals surface area contributed by atoms with Gasteiger partial charge in [0.25, 0.3) is 0 Å². The molecule has 0 N–H and O–H groups in total. The summed E-state index contributed by atoms with van der Waals surface area (Å²) in [6.07, 6.45) is 3.09. The van der Waals surface area contributed by atoms with Gasteiger partial charge in [-0.2, -0.15) is 0 Å². The van der Waals surface area contributed by atoms with E-state index in [0.29, 0.717) is 0 Å². The zero-order valence-electron chi connectivity index (χ0n) is 15.7. The van der Waals surface area contributed by atoms with Gasteiger partial charge >= 0.3 is 7.12 Å². The van der Waals surface area contributed by atoms with Gasteiger partial charge in [0.15, 0.2) is 0 Å². The molecule has 1 aromatic rings. The topological polar surface area (TPSA) is 21.7 Å². The Labute approximate surface area is 142 Å². The summed E-state index contributed by atoms with van der Waals surface area (Å²) >= 11 is 0. The van der Waals surface area contributed by atoms with Crippen molar-refractivity contribution in [2.24, 2.45) is 0 Å². The van der Waals surface area contributed by atoms with Crippen LogP contribution >= 0.6 is 0 Å². The van der Waals surface area contributed by atoms with E-state index in [9.17, 15) is 0 Å². The predicted molar refractivity (Wildman–Crippen MR) is 97.7 cm³/mol. The second-order valence-corrected chi connectivity index (χ2v) is 7.78. The third-order valence-corrected chi connectivity index (χ3v) is 5.05. The minimum Gasteiger partial charge on any atom is -0.403 e. The Hall–Kier alpha value is -0.835. The Kier molecular flexibility index (Phi) is 5.93. The van der Waals surface area contributed by atoms with E-state index in [1.165, 1.54) is 17.5 Å². The number of aryl methyl sites for hydroxylation is 1. The van der Waals surface area contributed by atoms with Crippen LogP contribution in [0, 0.1) is 0 Å². The molecule has 1 fully saturated rings. The molecular formula is C19H32BNO2. The molecule has 0 saturated carbocycles. The number of hydrogen-bond donors (Lipinski definition) is 0. The lowest BCUT2D eigenvalue weighted by molar-refractivity contribution is 0.00578.